The minimum absolute atomic E-state index is 0.745. The molecule has 0 spiro atoms. The van der Waals surface area contributed by atoms with Gasteiger partial charge in [0.1, 0.15) is 5.82 Å². The molecule has 0 aliphatic heterocycles. The first-order chi connectivity index (χ1) is 8.77. The first-order valence-corrected chi connectivity index (χ1v) is 6.72. The Balaban J connectivity index is 2.38. The summed E-state index contributed by atoms with van der Waals surface area (Å²) in [7, 11) is 2.04. The third-order valence-electron chi connectivity index (χ3n) is 2.73. The SMILES string of the molecule is CCCNCc1ccc(N(C)CCOCC)nc1. The molecule has 0 atom stereocenters. The van der Waals surface area contributed by atoms with Gasteiger partial charge in [0, 0.05) is 32.9 Å². The highest BCUT2D eigenvalue weighted by Crippen LogP contribution is 2.09. The summed E-state index contributed by atoms with van der Waals surface area (Å²) in [4.78, 5) is 6.58. The van der Waals surface area contributed by atoms with Crippen molar-refractivity contribution in [1.82, 2.24) is 10.3 Å². The normalized spacial score (nSPS) is 10.6. The van der Waals surface area contributed by atoms with Crippen LogP contribution in [0, 0.1) is 0 Å². The predicted molar refractivity (Wildman–Crippen MR) is 76.0 cm³/mol. The molecule has 0 aliphatic carbocycles. The van der Waals surface area contributed by atoms with Crippen LogP contribution in [-0.4, -0.2) is 38.3 Å². The molecular formula is C14H25N3O. The van der Waals surface area contributed by atoms with Crippen LogP contribution in [0.2, 0.25) is 0 Å². The van der Waals surface area contributed by atoms with E-state index in [1.165, 1.54) is 5.56 Å². The van der Waals surface area contributed by atoms with E-state index in [1.807, 2.05) is 20.2 Å². The summed E-state index contributed by atoms with van der Waals surface area (Å²) < 4.78 is 5.34. The molecule has 0 aliphatic rings. The number of likely N-dealkylation sites (N-methyl/N-ethyl adjacent to an activating group) is 1. The van der Waals surface area contributed by atoms with Crippen molar-refractivity contribution in [3.8, 4) is 0 Å². The fraction of sp³-hybridized carbons (Fsp3) is 0.643. The van der Waals surface area contributed by atoms with Crippen molar-refractivity contribution in [3.63, 3.8) is 0 Å². The number of rotatable bonds is 9. The molecule has 0 radical (unpaired) electrons. The minimum Gasteiger partial charge on any atom is -0.380 e. The fourth-order valence-corrected chi connectivity index (χ4v) is 1.62. The summed E-state index contributed by atoms with van der Waals surface area (Å²) in [6, 6.07) is 4.19. The molecule has 0 saturated carbocycles. The molecule has 0 aromatic carbocycles. The molecule has 0 amide bonds. The van der Waals surface area contributed by atoms with Gasteiger partial charge in [-0.1, -0.05) is 13.0 Å². The Labute approximate surface area is 110 Å². The van der Waals surface area contributed by atoms with E-state index in [1.54, 1.807) is 0 Å². The summed E-state index contributed by atoms with van der Waals surface area (Å²) in [6.07, 6.45) is 3.10. The summed E-state index contributed by atoms with van der Waals surface area (Å²) in [5.74, 6) is 0.994. The second kappa shape index (κ2) is 8.89. The van der Waals surface area contributed by atoms with Crippen molar-refractivity contribution < 1.29 is 4.74 Å². The van der Waals surface area contributed by atoms with Crippen LogP contribution in [-0.2, 0) is 11.3 Å². The number of pyridine rings is 1. The van der Waals surface area contributed by atoms with Crippen molar-refractivity contribution in [2.75, 3.05) is 38.3 Å². The first-order valence-electron chi connectivity index (χ1n) is 6.72. The van der Waals surface area contributed by atoms with Gasteiger partial charge in [0.05, 0.1) is 6.61 Å². The zero-order valence-corrected chi connectivity index (χ0v) is 11.8. The van der Waals surface area contributed by atoms with Crippen LogP contribution in [0.5, 0.6) is 0 Å². The van der Waals surface area contributed by atoms with E-state index in [2.05, 4.69) is 34.3 Å². The second-order valence-electron chi connectivity index (χ2n) is 4.32. The van der Waals surface area contributed by atoms with Crippen LogP contribution >= 0.6 is 0 Å². The molecule has 1 rings (SSSR count). The Morgan fingerprint density at radius 2 is 2.17 bits per heavy atom. The maximum atomic E-state index is 5.34. The van der Waals surface area contributed by atoms with Crippen LogP contribution in [0.1, 0.15) is 25.8 Å². The van der Waals surface area contributed by atoms with E-state index in [0.717, 1.165) is 45.1 Å². The number of nitrogens with zero attached hydrogens (tertiary/aromatic N) is 2. The largest absolute Gasteiger partial charge is 0.380 e. The van der Waals surface area contributed by atoms with Crippen LogP contribution < -0.4 is 10.2 Å². The zero-order valence-electron chi connectivity index (χ0n) is 11.8. The number of anilines is 1. The topological polar surface area (TPSA) is 37.4 Å². The Morgan fingerprint density at radius 1 is 1.33 bits per heavy atom. The average Bonchev–Trinajstić information content (AvgIpc) is 2.40. The second-order valence-corrected chi connectivity index (χ2v) is 4.32. The monoisotopic (exact) mass is 251 g/mol. The maximum absolute atomic E-state index is 5.34. The molecule has 18 heavy (non-hydrogen) atoms. The molecular weight excluding hydrogens is 226 g/mol. The molecule has 1 heterocycles. The Hall–Kier alpha value is -1.13. The number of ether oxygens (including phenoxy) is 1. The number of hydrogen-bond acceptors (Lipinski definition) is 4. The lowest BCUT2D eigenvalue weighted by Gasteiger charge is -2.18. The van der Waals surface area contributed by atoms with Gasteiger partial charge in [-0.05, 0) is 31.5 Å². The van der Waals surface area contributed by atoms with Gasteiger partial charge in [-0.15, -0.1) is 0 Å². The molecule has 0 bridgehead atoms. The Bertz CT molecular complexity index is 313. The highest BCUT2D eigenvalue weighted by molar-refractivity contribution is 5.38. The third kappa shape index (κ3) is 5.47. The van der Waals surface area contributed by atoms with Gasteiger partial charge in [-0.2, -0.15) is 0 Å². The molecule has 0 fully saturated rings. The standard InChI is InChI=1S/C14H25N3O/c1-4-8-15-11-13-6-7-14(16-12-13)17(3)9-10-18-5-2/h6-7,12,15H,4-5,8-11H2,1-3H3. The van der Waals surface area contributed by atoms with Crippen molar-refractivity contribution in [2.45, 2.75) is 26.8 Å². The zero-order chi connectivity index (χ0) is 13.2. The maximum Gasteiger partial charge on any atom is 0.128 e. The van der Waals surface area contributed by atoms with Gasteiger partial charge >= 0.3 is 0 Å². The van der Waals surface area contributed by atoms with E-state index in [-0.39, 0.29) is 0 Å². The number of nitrogens with one attached hydrogen (secondary N) is 1. The molecule has 1 N–H and O–H groups in total. The average molecular weight is 251 g/mol. The van der Waals surface area contributed by atoms with E-state index in [9.17, 15) is 0 Å². The Kier molecular flexibility index (Phi) is 7.37. The molecule has 4 heteroatoms. The van der Waals surface area contributed by atoms with Crippen molar-refractivity contribution >= 4 is 5.82 Å². The summed E-state index contributed by atoms with van der Waals surface area (Å²) >= 11 is 0. The number of aromatic nitrogens is 1. The van der Waals surface area contributed by atoms with Crippen LogP contribution in [0.4, 0.5) is 5.82 Å². The van der Waals surface area contributed by atoms with Crippen LogP contribution in [0.15, 0.2) is 18.3 Å². The minimum atomic E-state index is 0.745. The van der Waals surface area contributed by atoms with E-state index >= 15 is 0 Å². The van der Waals surface area contributed by atoms with Crippen molar-refractivity contribution in [2.24, 2.45) is 0 Å². The van der Waals surface area contributed by atoms with Gasteiger partial charge in [-0.25, -0.2) is 4.98 Å². The lowest BCUT2D eigenvalue weighted by atomic mass is 10.2. The molecule has 1 aromatic rings. The van der Waals surface area contributed by atoms with Crippen LogP contribution in [0.3, 0.4) is 0 Å². The highest BCUT2D eigenvalue weighted by atomic mass is 16.5. The summed E-state index contributed by atoms with van der Waals surface area (Å²) in [5, 5.41) is 3.37. The lowest BCUT2D eigenvalue weighted by Crippen LogP contribution is -2.23. The molecule has 0 unspecified atom stereocenters. The summed E-state index contributed by atoms with van der Waals surface area (Å²) in [5.41, 5.74) is 1.23. The third-order valence-corrected chi connectivity index (χ3v) is 2.73. The van der Waals surface area contributed by atoms with Gasteiger partial charge in [0.15, 0.2) is 0 Å². The smallest absolute Gasteiger partial charge is 0.128 e. The quantitative estimate of drug-likeness (QED) is 0.682. The van der Waals surface area contributed by atoms with E-state index < -0.39 is 0 Å². The van der Waals surface area contributed by atoms with E-state index in [0.29, 0.717) is 0 Å². The predicted octanol–water partition coefficient (Wildman–Crippen LogP) is 2.05. The molecule has 102 valence electrons. The van der Waals surface area contributed by atoms with Crippen LogP contribution in [0.25, 0.3) is 0 Å². The van der Waals surface area contributed by atoms with Crippen molar-refractivity contribution in [1.29, 1.82) is 0 Å². The van der Waals surface area contributed by atoms with Gasteiger partial charge < -0.3 is 15.0 Å². The first kappa shape index (κ1) is 14.9. The molecule has 4 nitrogen and oxygen atoms in total. The van der Waals surface area contributed by atoms with Crippen molar-refractivity contribution in [3.05, 3.63) is 23.9 Å². The number of hydrogen-bond donors (Lipinski definition) is 1. The Morgan fingerprint density at radius 3 is 2.78 bits per heavy atom. The van der Waals surface area contributed by atoms with Gasteiger partial charge in [0.2, 0.25) is 0 Å². The summed E-state index contributed by atoms with van der Waals surface area (Å²) in [6.45, 7) is 8.50. The fourth-order valence-electron chi connectivity index (χ4n) is 1.62. The highest BCUT2D eigenvalue weighted by Gasteiger charge is 2.02. The van der Waals surface area contributed by atoms with Gasteiger partial charge in [0.25, 0.3) is 0 Å². The lowest BCUT2D eigenvalue weighted by molar-refractivity contribution is 0.154. The van der Waals surface area contributed by atoms with E-state index in [4.69, 9.17) is 4.74 Å². The van der Waals surface area contributed by atoms with Gasteiger partial charge in [-0.3, -0.25) is 0 Å². The molecule has 0 saturated heterocycles. The molecule has 1 aromatic heterocycles.